The van der Waals surface area contributed by atoms with Crippen molar-refractivity contribution in [3.8, 4) is 0 Å². The number of rotatable bonds is 4. The van der Waals surface area contributed by atoms with Gasteiger partial charge in [0.15, 0.2) is 0 Å². The van der Waals surface area contributed by atoms with Gasteiger partial charge in [-0.25, -0.2) is 9.29 Å². The van der Waals surface area contributed by atoms with E-state index >= 15 is 0 Å². The van der Waals surface area contributed by atoms with Gasteiger partial charge >= 0.3 is 0 Å². The van der Waals surface area contributed by atoms with Gasteiger partial charge in [-0.05, 0) is 73.0 Å². The van der Waals surface area contributed by atoms with E-state index in [0.29, 0.717) is 16.3 Å². The second-order valence-electron chi connectivity index (χ2n) is 7.12. The lowest BCUT2D eigenvalue weighted by atomic mass is 10.0. The summed E-state index contributed by atoms with van der Waals surface area (Å²) in [7, 11) is 0. The lowest BCUT2D eigenvalue weighted by Crippen LogP contribution is -2.32. The summed E-state index contributed by atoms with van der Waals surface area (Å²) in [6.07, 6.45) is 0. The molecule has 3 aromatic rings. The molecule has 0 aromatic heterocycles. The number of carbonyl (C=O) groups excluding carboxylic acids is 2. The van der Waals surface area contributed by atoms with Crippen LogP contribution in [0.5, 0.6) is 0 Å². The summed E-state index contributed by atoms with van der Waals surface area (Å²) in [4.78, 5) is 27.7. The van der Waals surface area contributed by atoms with Crippen molar-refractivity contribution >= 4 is 40.4 Å². The van der Waals surface area contributed by atoms with Crippen LogP contribution in [0.3, 0.4) is 0 Å². The number of nitrogens with zero attached hydrogens (tertiary/aromatic N) is 1. The first-order valence-corrected chi connectivity index (χ1v) is 9.72. The number of hydrogen-bond acceptors (Lipinski definition) is 3. The van der Waals surface area contributed by atoms with Gasteiger partial charge in [-0.1, -0.05) is 35.9 Å². The standard InChI is InChI=1S/C24H18ClFN2O2/c1-14-3-4-15(2)20(13-14)27-22-21(16-5-9-18(26)10-6-16)23(29)28(24(22)30)19-11-7-17(25)8-12-19/h3-13,27H,1-2H3. The van der Waals surface area contributed by atoms with Crippen molar-refractivity contribution in [1.29, 1.82) is 0 Å². The molecule has 0 unspecified atom stereocenters. The molecule has 0 fully saturated rings. The summed E-state index contributed by atoms with van der Waals surface area (Å²) in [6.45, 7) is 3.86. The van der Waals surface area contributed by atoms with Gasteiger partial charge in [0.05, 0.1) is 11.3 Å². The fourth-order valence-electron chi connectivity index (χ4n) is 3.36. The summed E-state index contributed by atoms with van der Waals surface area (Å²) >= 11 is 5.95. The Hall–Kier alpha value is -3.44. The summed E-state index contributed by atoms with van der Waals surface area (Å²) in [5.41, 5.74) is 3.87. The van der Waals surface area contributed by atoms with Crippen LogP contribution in [0.2, 0.25) is 5.02 Å². The van der Waals surface area contributed by atoms with Crippen molar-refractivity contribution in [3.05, 3.63) is 100.0 Å². The Morgan fingerprint density at radius 1 is 0.867 bits per heavy atom. The van der Waals surface area contributed by atoms with E-state index in [1.807, 2.05) is 32.0 Å². The molecule has 0 atom stereocenters. The molecule has 0 bridgehead atoms. The molecular weight excluding hydrogens is 403 g/mol. The number of carbonyl (C=O) groups is 2. The lowest BCUT2D eigenvalue weighted by molar-refractivity contribution is -0.120. The minimum Gasteiger partial charge on any atom is -0.350 e. The van der Waals surface area contributed by atoms with Gasteiger partial charge in [0, 0.05) is 10.7 Å². The molecule has 6 heteroatoms. The van der Waals surface area contributed by atoms with Gasteiger partial charge in [-0.15, -0.1) is 0 Å². The highest BCUT2D eigenvalue weighted by Gasteiger charge is 2.40. The molecule has 2 amide bonds. The summed E-state index contributed by atoms with van der Waals surface area (Å²) in [5.74, 6) is -1.39. The minimum absolute atomic E-state index is 0.148. The van der Waals surface area contributed by atoms with Crippen LogP contribution in [-0.4, -0.2) is 11.8 Å². The normalized spacial score (nSPS) is 13.9. The first-order valence-electron chi connectivity index (χ1n) is 9.34. The van der Waals surface area contributed by atoms with Gasteiger partial charge in [-0.3, -0.25) is 9.59 Å². The Bertz CT molecular complexity index is 1180. The zero-order valence-corrected chi connectivity index (χ0v) is 17.1. The van der Waals surface area contributed by atoms with Crippen molar-refractivity contribution in [2.45, 2.75) is 13.8 Å². The van der Waals surface area contributed by atoms with Crippen LogP contribution in [0.1, 0.15) is 16.7 Å². The zero-order chi connectivity index (χ0) is 21.4. The third-order valence-corrected chi connectivity index (χ3v) is 5.21. The maximum absolute atomic E-state index is 13.5. The zero-order valence-electron chi connectivity index (χ0n) is 16.4. The van der Waals surface area contributed by atoms with Crippen LogP contribution >= 0.6 is 11.6 Å². The highest BCUT2D eigenvalue weighted by Crippen LogP contribution is 2.34. The topological polar surface area (TPSA) is 49.4 Å². The van der Waals surface area contributed by atoms with E-state index in [0.717, 1.165) is 21.7 Å². The highest BCUT2D eigenvalue weighted by atomic mass is 35.5. The van der Waals surface area contributed by atoms with Crippen LogP contribution in [0.25, 0.3) is 5.57 Å². The molecule has 3 aromatic carbocycles. The van der Waals surface area contributed by atoms with Gasteiger partial charge in [0.1, 0.15) is 11.5 Å². The molecular formula is C24H18ClFN2O2. The predicted octanol–water partition coefficient (Wildman–Crippen LogP) is 5.49. The fourth-order valence-corrected chi connectivity index (χ4v) is 3.49. The molecule has 30 heavy (non-hydrogen) atoms. The third-order valence-electron chi connectivity index (χ3n) is 4.95. The average molecular weight is 421 g/mol. The number of halogens is 2. The summed E-state index contributed by atoms with van der Waals surface area (Å²) in [5, 5.41) is 3.65. The second-order valence-corrected chi connectivity index (χ2v) is 7.56. The average Bonchev–Trinajstić information content (AvgIpc) is 2.96. The van der Waals surface area contributed by atoms with E-state index in [4.69, 9.17) is 11.6 Å². The van der Waals surface area contributed by atoms with Gasteiger partial charge in [0.25, 0.3) is 11.8 Å². The van der Waals surface area contributed by atoms with Crippen molar-refractivity contribution < 1.29 is 14.0 Å². The maximum Gasteiger partial charge on any atom is 0.282 e. The Kier molecular flexibility index (Phi) is 5.14. The van der Waals surface area contributed by atoms with Crippen LogP contribution in [0.15, 0.2) is 72.4 Å². The smallest absolute Gasteiger partial charge is 0.282 e. The molecule has 150 valence electrons. The summed E-state index contributed by atoms with van der Waals surface area (Å²) in [6, 6.07) is 17.8. The van der Waals surface area contributed by atoms with Crippen molar-refractivity contribution in [2.24, 2.45) is 0 Å². The monoisotopic (exact) mass is 420 g/mol. The molecule has 1 heterocycles. The molecule has 1 aliphatic heterocycles. The molecule has 1 N–H and O–H groups in total. The minimum atomic E-state index is -0.485. The molecule has 4 rings (SSSR count). The van der Waals surface area contributed by atoms with Crippen LogP contribution in [0, 0.1) is 19.7 Å². The molecule has 0 saturated heterocycles. The largest absolute Gasteiger partial charge is 0.350 e. The Morgan fingerprint density at radius 3 is 2.20 bits per heavy atom. The Morgan fingerprint density at radius 2 is 1.53 bits per heavy atom. The van der Waals surface area contributed by atoms with E-state index in [2.05, 4.69) is 5.32 Å². The number of amides is 2. The van der Waals surface area contributed by atoms with Gasteiger partial charge in [0.2, 0.25) is 0 Å². The molecule has 0 radical (unpaired) electrons. The number of hydrogen-bond donors (Lipinski definition) is 1. The van der Waals surface area contributed by atoms with Crippen LogP contribution in [0.4, 0.5) is 15.8 Å². The Balaban J connectivity index is 1.84. The predicted molar refractivity (Wildman–Crippen MR) is 117 cm³/mol. The first kappa shape index (κ1) is 19.9. The van der Waals surface area contributed by atoms with Crippen LogP contribution in [-0.2, 0) is 9.59 Å². The number of anilines is 2. The van der Waals surface area contributed by atoms with Crippen molar-refractivity contribution in [3.63, 3.8) is 0 Å². The van der Waals surface area contributed by atoms with E-state index < -0.39 is 17.6 Å². The number of imide groups is 1. The van der Waals surface area contributed by atoms with E-state index in [1.54, 1.807) is 24.3 Å². The fraction of sp³-hybridized carbons (Fsp3) is 0.0833. The first-order chi connectivity index (χ1) is 14.3. The summed E-state index contributed by atoms with van der Waals surface area (Å²) < 4.78 is 13.5. The van der Waals surface area contributed by atoms with Gasteiger partial charge < -0.3 is 5.32 Å². The molecule has 0 spiro atoms. The highest BCUT2D eigenvalue weighted by molar-refractivity contribution is 6.46. The quantitative estimate of drug-likeness (QED) is 0.567. The molecule has 0 aliphatic carbocycles. The number of aryl methyl sites for hydroxylation is 2. The SMILES string of the molecule is Cc1ccc(C)c(NC2=C(c3ccc(F)cc3)C(=O)N(c3ccc(Cl)cc3)C2=O)c1. The third kappa shape index (κ3) is 3.60. The Labute approximate surface area is 178 Å². The second kappa shape index (κ2) is 7.76. The van der Waals surface area contributed by atoms with Crippen LogP contribution < -0.4 is 10.2 Å². The van der Waals surface area contributed by atoms with Crippen molar-refractivity contribution in [1.82, 2.24) is 0 Å². The molecule has 1 aliphatic rings. The van der Waals surface area contributed by atoms with E-state index in [9.17, 15) is 14.0 Å². The molecule has 4 nitrogen and oxygen atoms in total. The molecule has 0 saturated carbocycles. The van der Waals surface area contributed by atoms with Gasteiger partial charge in [-0.2, -0.15) is 0 Å². The van der Waals surface area contributed by atoms with Crippen molar-refractivity contribution in [2.75, 3.05) is 10.2 Å². The number of benzene rings is 3. The number of nitrogens with one attached hydrogen (secondary N) is 1. The maximum atomic E-state index is 13.5. The van der Waals surface area contributed by atoms with E-state index in [1.165, 1.54) is 24.3 Å². The lowest BCUT2D eigenvalue weighted by Gasteiger charge is -2.16. The van der Waals surface area contributed by atoms with E-state index in [-0.39, 0.29) is 11.3 Å².